The first-order valence-electron chi connectivity index (χ1n) is 5.02. The SMILES string of the molecule is O=C(NCCCOCCCl)c1cc(Cl)sc1Cl. The maximum atomic E-state index is 11.7. The van der Waals surface area contributed by atoms with Crippen molar-refractivity contribution in [3.05, 3.63) is 20.3 Å². The fourth-order valence-electron chi connectivity index (χ4n) is 1.12. The van der Waals surface area contributed by atoms with E-state index in [4.69, 9.17) is 39.5 Å². The second kappa shape index (κ2) is 8.16. The number of hydrogen-bond acceptors (Lipinski definition) is 3. The van der Waals surface area contributed by atoms with Gasteiger partial charge in [0, 0.05) is 19.0 Å². The maximum Gasteiger partial charge on any atom is 0.253 e. The van der Waals surface area contributed by atoms with E-state index >= 15 is 0 Å². The quantitative estimate of drug-likeness (QED) is 0.618. The molecule has 0 saturated carbocycles. The van der Waals surface area contributed by atoms with Crippen LogP contribution in [-0.4, -0.2) is 31.5 Å². The third kappa shape index (κ3) is 5.44. The van der Waals surface area contributed by atoms with Gasteiger partial charge in [0.1, 0.15) is 4.34 Å². The number of carbonyl (C=O) groups is 1. The standard InChI is InChI=1S/C10H12Cl3NO2S/c11-2-5-16-4-1-3-14-10(15)7-6-8(12)17-9(7)13/h6H,1-5H2,(H,14,15). The van der Waals surface area contributed by atoms with E-state index in [2.05, 4.69) is 5.32 Å². The minimum absolute atomic E-state index is 0.213. The molecule has 1 N–H and O–H groups in total. The van der Waals surface area contributed by atoms with Crippen molar-refractivity contribution in [3.63, 3.8) is 0 Å². The van der Waals surface area contributed by atoms with Crippen molar-refractivity contribution in [1.29, 1.82) is 0 Å². The minimum atomic E-state index is -0.213. The maximum absolute atomic E-state index is 11.7. The predicted molar refractivity (Wildman–Crippen MR) is 72.8 cm³/mol. The van der Waals surface area contributed by atoms with Crippen LogP contribution in [0.25, 0.3) is 0 Å². The molecule has 0 fully saturated rings. The van der Waals surface area contributed by atoms with E-state index in [9.17, 15) is 4.79 Å². The highest BCUT2D eigenvalue weighted by atomic mass is 35.5. The van der Waals surface area contributed by atoms with Crippen LogP contribution in [0.15, 0.2) is 6.07 Å². The van der Waals surface area contributed by atoms with E-state index in [1.54, 1.807) is 6.07 Å². The number of amides is 1. The van der Waals surface area contributed by atoms with Crippen LogP contribution in [0.5, 0.6) is 0 Å². The molecule has 0 saturated heterocycles. The molecule has 96 valence electrons. The molecule has 0 bridgehead atoms. The Morgan fingerprint density at radius 1 is 1.41 bits per heavy atom. The Morgan fingerprint density at radius 2 is 2.18 bits per heavy atom. The molecule has 0 unspecified atom stereocenters. The number of nitrogens with one attached hydrogen (secondary N) is 1. The fourth-order valence-corrected chi connectivity index (χ4v) is 2.69. The number of thiophene rings is 1. The normalized spacial score (nSPS) is 10.5. The van der Waals surface area contributed by atoms with Gasteiger partial charge in [-0.25, -0.2) is 0 Å². The van der Waals surface area contributed by atoms with Gasteiger partial charge in [-0.15, -0.1) is 22.9 Å². The van der Waals surface area contributed by atoms with Crippen LogP contribution < -0.4 is 5.32 Å². The van der Waals surface area contributed by atoms with Gasteiger partial charge >= 0.3 is 0 Å². The van der Waals surface area contributed by atoms with E-state index < -0.39 is 0 Å². The van der Waals surface area contributed by atoms with Crippen LogP contribution in [0.3, 0.4) is 0 Å². The number of alkyl halides is 1. The average molecular weight is 317 g/mol. The number of ether oxygens (including phenoxy) is 1. The molecule has 1 aromatic rings. The highest BCUT2D eigenvalue weighted by Gasteiger charge is 2.13. The summed E-state index contributed by atoms with van der Waals surface area (Å²) in [5, 5.41) is 2.74. The molecule has 1 rings (SSSR count). The Balaban J connectivity index is 2.23. The molecule has 0 aliphatic heterocycles. The zero-order valence-corrected chi connectivity index (χ0v) is 12.1. The van der Waals surface area contributed by atoms with Crippen molar-refractivity contribution in [1.82, 2.24) is 5.32 Å². The van der Waals surface area contributed by atoms with E-state index in [0.29, 0.717) is 39.9 Å². The summed E-state index contributed by atoms with van der Waals surface area (Å²) >= 11 is 18.2. The predicted octanol–water partition coefficient (Wildman–Crippen LogP) is 3.43. The smallest absolute Gasteiger partial charge is 0.253 e. The molecule has 0 spiro atoms. The first kappa shape index (κ1) is 15.1. The van der Waals surface area contributed by atoms with Gasteiger partial charge in [-0.3, -0.25) is 4.79 Å². The number of carbonyl (C=O) groups excluding carboxylic acids is 1. The number of rotatable bonds is 7. The van der Waals surface area contributed by atoms with Gasteiger partial charge in [-0.05, 0) is 12.5 Å². The summed E-state index contributed by atoms with van der Waals surface area (Å²) in [5.41, 5.74) is 0.420. The van der Waals surface area contributed by atoms with Crippen molar-refractivity contribution >= 4 is 52.0 Å². The van der Waals surface area contributed by atoms with Crippen molar-refractivity contribution in [3.8, 4) is 0 Å². The van der Waals surface area contributed by atoms with Gasteiger partial charge in [-0.2, -0.15) is 0 Å². The molecule has 0 atom stereocenters. The third-order valence-corrected chi connectivity index (χ3v) is 3.52. The van der Waals surface area contributed by atoms with E-state index in [1.807, 2.05) is 0 Å². The Labute approximate surface area is 119 Å². The minimum Gasteiger partial charge on any atom is -0.380 e. The van der Waals surface area contributed by atoms with Gasteiger partial charge in [0.25, 0.3) is 5.91 Å². The summed E-state index contributed by atoms with van der Waals surface area (Å²) in [4.78, 5) is 11.7. The first-order chi connectivity index (χ1) is 8.15. The molecule has 1 aromatic heterocycles. The van der Waals surface area contributed by atoms with E-state index in [-0.39, 0.29) is 5.91 Å². The summed E-state index contributed by atoms with van der Waals surface area (Å²) in [6.45, 7) is 1.64. The first-order valence-corrected chi connectivity index (χ1v) is 7.12. The summed E-state index contributed by atoms with van der Waals surface area (Å²) in [5.74, 6) is 0.269. The molecule has 1 amide bonds. The van der Waals surface area contributed by atoms with Crippen LogP contribution in [-0.2, 0) is 4.74 Å². The molecule has 0 radical (unpaired) electrons. The molecule has 0 aromatic carbocycles. The van der Waals surface area contributed by atoms with E-state index in [0.717, 1.165) is 6.42 Å². The molecule has 1 heterocycles. The van der Waals surface area contributed by atoms with Crippen molar-refractivity contribution < 1.29 is 9.53 Å². The highest BCUT2D eigenvalue weighted by molar-refractivity contribution is 7.20. The van der Waals surface area contributed by atoms with Crippen LogP contribution >= 0.6 is 46.1 Å². The highest BCUT2D eigenvalue weighted by Crippen LogP contribution is 2.30. The Morgan fingerprint density at radius 3 is 2.76 bits per heavy atom. The lowest BCUT2D eigenvalue weighted by molar-refractivity contribution is 0.0945. The van der Waals surface area contributed by atoms with Crippen molar-refractivity contribution in [2.75, 3.05) is 25.6 Å². The van der Waals surface area contributed by atoms with Crippen molar-refractivity contribution in [2.45, 2.75) is 6.42 Å². The number of halogens is 3. The largest absolute Gasteiger partial charge is 0.380 e. The average Bonchev–Trinajstić information content (AvgIpc) is 2.62. The van der Waals surface area contributed by atoms with Gasteiger partial charge in [-0.1, -0.05) is 23.2 Å². The summed E-state index contributed by atoms with van der Waals surface area (Å²) in [7, 11) is 0. The summed E-state index contributed by atoms with van der Waals surface area (Å²) in [6.07, 6.45) is 0.734. The van der Waals surface area contributed by atoms with Gasteiger partial charge in [0.15, 0.2) is 0 Å². The van der Waals surface area contributed by atoms with Gasteiger partial charge < -0.3 is 10.1 Å². The van der Waals surface area contributed by atoms with Crippen LogP contribution in [0.2, 0.25) is 8.67 Å². The zero-order chi connectivity index (χ0) is 12.7. The molecular formula is C10H12Cl3NO2S. The molecule has 17 heavy (non-hydrogen) atoms. The summed E-state index contributed by atoms with van der Waals surface area (Å²) < 4.78 is 6.08. The fraction of sp³-hybridized carbons (Fsp3) is 0.500. The van der Waals surface area contributed by atoms with Gasteiger partial charge in [0.2, 0.25) is 0 Å². The van der Waals surface area contributed by atoms with Crippen LogP contribution in [0.4, 0.5) is 0 Å². The topological polar surface area (TPSA) is 38.3 Å². The zero-order valence-electron chi connectivity index (χ0n) is 8.97. The lowest BCUT2D eigenvalue weighted by Gasteiger charge is -2.04. The number of hydrogen-bond donors (Lipinski definition) is 1. The Hall–Kier alpha value is -0.0000000000000000555. The molecule has 0 aliphatic carbocycles. The Bertz CT molecular complexity index is 370. The third-order valence-electron chi connectivity index (χ3n) is 1.87. The van der Waals surface area contributed by atoms with E-state index in [1.165, 1.54) is 11.3 Å². The molecular weight excluding hydrogens is 305 g/mol. The lowest BCUT2D eigenvalue weighted by Crippen LogP contribution is -2.25. The monoisotopic (exact) mass is 315 g/mol. The second-order valence-electron chi connectivity index (χ2n) is 3.15. The van der Waals surface area contributed by atoms with Crippen molar-refractivity contribution in [2.24, 2.45) is 0 Å². The summed E-state index contributed by atoms with van der Waals surface area (Å²) in [6, 6.07) is 1.56. The molecule has 0 aliphatic rings. The second-order valence-corrected chi connectivity index (χ2v) is 5.81. The molecule has 7 heteroatoms. The lowest BCUT2D eigenvalue weighted by atomic mass is 10.3. The Kier molecular flexibility index (Phi) is 7.23. The van der Waals surface area contributed by atoms with Gasteiger partial charge in [0.05, 0.1) is 16.5 Å². The van der Waals surface area contributed by atoms with Crippen LogP contribution in [0, 0.1) is 0 Å². The molecule has 3 nitrogen and oxygen atoms in total. The van der Waals surface area contributed by atoms with Crippen LogP contribution in [0.1, 0.15) is 16.8 Å².